The van der Waals surface area contributed by atoms with Crippen molar-refractivity contribution >= 4 is 0 Å². The van der Waals surface area contributed by atoms with E-state index in [2.05, 4.69) is 6.92 Å². The number of aliphatic hydroxyl groups is 1. The third-order valence-electron chi connectivity index (χ3n) is 1.31. The summed E-state index contributed by atoms with van der Waals surface area (Å²) in [6, 6.07) is 2.04. The first-order valence-corrected chi connectivity index (χ1v) is 3.35. The van der Waals surface area contributed by atoms with Gasteiger partial charge in [-0.2, -0.15) is 5.26 Å². The van der Waals surface area contributed by atoms with Crippen LogP contribution in [0.15, 0.2) is 0 Å². The Kier molecular flexibility index (Phi) is 5.24. The van der Waals surface area contributed by atoms with Gasteiger partial charge in [0.2, 0.25) is 0 Å². The Balaban J connectivity index is 3.23. The van der Waals surface area contributed by atoms with Crippen molar-refractivity contribution in [1.82, 2.24) is 0 Å². The van der Waals surface area contributed by atoms with Gasteiger partial charge in [0.05, 0.1) is 18.6 Å². The monoisotopic (exact) mass is 127 g/mol. The van der Waals surface area contributed by atoms with Crippen molar-refractivity contribution in [2.75, 3.05) is 6.61 Å². The van der Waals surface area contributed by atoms with Gasteiger partial charge >= 0.3 is 0 Å². The minimum Gasteiger partial charge on any atom is -0.395 e. The highest BCUT2D eigenvalue weighted by Gasteiger charge is 2.02. The van der Waals surface area contributed by atoms with Crippen LogP contribution >= 0.6 is 0 Å². The molecule has 0 aliphatic rings. The molecule has 1 N–H and O–H groups in total. The SMILES string of the molecule is CCCC[C@H](C#N)CO. The number of aliphatic hydroxyl groups excluding tert-OH is 1. The molecule has 0 spiro atoms. The van der Waals surface area contributed by atoms with E-state index in [1.807, 2.05) is 6.07 Å². The molecule has 52 valence electrons. The van der Waals surface area contributed by atoms with E-state index in [0.717, 1.165) is 19.3 Å². The van der Waals surface area contributed by atoms with E-state index in [1.54, 1.807) is 0 Å². The lowest BCUT2D eigenvalue weighted by molar-refractivity contribution is 0.247. The molecule has 0 rings (SSSR count). The second-order valence-electron chi connectivity index (χ2n) is 2.15. The van der Waals surface area contributed by atoms with Gasteiger partial charge in [0.25, 0.3) is 0 Å². The van der Waals surface area contributed by atoms with Gasteiger partial charge in [0.15, 0.2) is 0 Å². The van der Waals surface area contributed by atoms with Crippen LogP contribution in [0.2, 0.25) is 0 Å². The maximum atomic E-state index is 8.53. The Labute approximate surface area is 56.1 Å². The van der Waals surface area contributed by atoms with Crippen molar-refractivity contribution in [3.05, 3.63) is 0 Å². The molecule has 0 bridgehead atoms. The van der Waals surface area contributed by atoms with Gasteiger partial charge in [0.1, 0.15) is 0 Å². The largest absolute Gasteiger partial charge is 0.395 e. The van der Waals surface area contributed by atoms with Crippen molar-refractivity contribution in [3.63, 3.8) is 0 Å². The summed E-state index contributed by atoms with van der Waals surface area (Å²) in [5.41, 5.74) is 0. The second kappa shape index (κ2) is 5.58. The van der Waals surface area contributed by atoms with Crippen molar-refractivity contribution in [3.8, 4) is 6.07 Å². The minimum absolute atomic E-state index is 0.0104. The fraction of sp³-hybridized carbons (Fsp3) is 0.857. The first kappa shape index (κ1) is 8.45. The molecule has 0 aromatic rings. The molecule has 0 saturated carbocycles. The number of rotatable bonds is 4. The smallest absolute Gasteiger partial charge is 0.0694 e. The van der Waals surface area contributed by atoms with Crippen molar-refractivity contribution in [2.24, 2.45) is 5.92 Å². The molecule has 0 aliphatic heterocycles. The van der Waals surface area contributed by atoms with Crippen molar-refractivity contribution < 1.29 is 5.11 Å². The predicted octanol–water partition coefficient (Wildman–Crippen LogP) is 1.31. The summed E-state index contributed by atoms with van der Waals surface area (Å²) in [4.78, 5) is 0. The number of hydrogen-bond donors (Lipinski definition) is 1. The van der Waals surface area contributed by atoms with Gasteiger partial charge in [0, 0.05) is 0 Å². The van der Waals surface area contributed by atoms with Crippen LogP contribution in [0.25, 0.3) is 0 Å². The maximum absolute atomic E-state index is 8.53. The summed E-state index contributed by atoms with van der Waals surface area (Å²) in [5, 5.41) is 16.9. The van der Waals surface area contributed by atoms with Crippen LogP contribution in [-0.2, 0) is 0 Å². The molecule has 1 atom stereocenters. The summed E-state index contributed by atoms with van der Waals surface area (Å²) >= 11 is 0. The fourth-order valence-corrected chi connectivity index (χ4v) is 0.647. The Bertz CT molecular complexity index is 95.6. The Morgan fingerprint density at radius 3 is 2.67 bits per heavy atom. The van der Waals surface area contributed by atoms with E-state index in [9.17, 15) is 0 Å². The Morgan fingerprint density at radius 1 is 1.67 bits per heavy atom. The lowest BCUT2D eigenvalue weighted by Crippen LogP contribution is -2.01. The highest BCUT2D eigenvalue weighted by atomic mass is 16.3. The zero-order valence-electron chi connectivity index (χ0n) is 5.80. The van der Waals surface area contributed by atoms with Crippen molar-refractivity contribution in [2.45, 2.75) is 26.2 Å². The molecule has 0 amide bonds. The number of nitrogens with zero attached hydrogens (tertiary/aromatic N) is 1. The van der Waals surface area contributed by atoms with Crippen LogP contribution in [0, 0.1) is 17.2 Å². The number of unbranched alkanes of at least 4 members (excludes halogenated alkanes) is 1. The molecule has 0 unspecified atom stereocenters. The summed E-state index contributed by atoms with van der Waals surface area (Å²) in [6.45, 7) is 2.09. The topological polar surface area (TPSA) is 44.0 Å². The van der Waals surface area contributed by atoms with Crippen molar-refractivity contribution in [1.29, 1.82) is 5.26 Å². The van der Waals surface area contributed by atoms with E-state index >= 15 is 0 Å². The van der Waals surface area contributed by atoms with Gasteiger partial charge in [-0.1, -0.05) is 19.8 Å². The average Bonchev–Trinajstić information content (AvgIpc) is 1.91. The summed E-state index contributed by atoms with van der Waals surface area (Å²) in [6.07, 6.45) is 2.97. The lowest BCUT2D eigenvalue weighted by atomic mass is 10.1. The highest BCUT2D eigenvalue weighted by Crippen LogP contribution is 2.05. The molecule has 0 radical (unpaired) electrons. The van der Waals surface area contributed by atoms with E-state index in [0.29, 0.717) is 0 Å². The zero-order chi connectivity index (χ0) is 7.11. The minimum atomic E-state index is -0.134. The fourth-order valence-electron chi connectivity index (χ4n) is 0.647. The second-order valence-corrected chi connectivity index (χ2v) is 2.15. The Morgan fingerprint density at radius 2 is 2.33 bits per heavy atom. The van der Waals surface area contributed by atoms with Crippen LogP contribution in [0.4, 0.5) is 0 Å². The third kappa shape index (κ3) is 3.99. The zero-order valence-corrected chi connectivity index (χ0v) is 5.80. The standard InChI is InChI=1S/C7H13NO/c1-2-3-4-7(5-8)6-9/h7,9H,2-4,6H2,1H3/t7-/m1/s1. The molecule has 2 nitrogen and oxygen atoms in total. The van der Waals surface area contributed by atoms with Gasteiger partial charge in [-0.05, 0) is 6.42 Å². The Hall–Kier alpha value is -0.550. The van der Waals surface area contributed by atoms with E-state index < -0.39 is 0 Å². The lowest BCUT2D eigenvalue weighted by Gasteiger charge is -2.00. The van der Waals surface area contributed by atoms with Gasteiger partial charge in [-0.15, -0.1) is 0 Å². The van der Waals surface area contributed by atoms with E-state index in [4.69, 9.17) is 10.4 Å². The van der Waals surface area contributed by atoms with Crippen LogP contribution in [0.1, 0.15) is 26.2 Å². The van der Waals surface area contributed by atoms with Crippen LogP contribution in [-0.4, -0.2) is 11.7 Å². The molecule has 0 heterocycles. The number of nitriles is 1. The maximum Gasteiger partial charge on any atom is 0.0694 e. The van der Waals surface area contributed by atoms with Gasteiger partial charge in [-0.25, -0.2) is 0 Å². The third-order valence-corrected chi connectivity index (χ3v) is 1.31. The van der Waals surface area contributed by atoms with E-state index in [1.165, 1.54) is 0 Å². The van der Waals surface area contributed by atoms with Gasteiger partial charge in [-0.3, -0.25) is 0 Å². The molecule has 0 aromatic heterocycles. The first-order chi connectivity index (χ1) is 4.35. The number of hydrogen-bond acceptors (Lipinski definition) is 2. The molecule has 0 aliphatic carbocycles. The molecule has 0 fully saturated rings. The first-order valence-electron chi connectivity index (χ1n) is 3.35. The molecule has 2 heteroatoms. The average molecular weight is 127 g/mol. The van der Waals surface area contributed by atoms with Crippen LogP contribution in [0.3, 0.4) is 0 Å². The van der Waals surface area contributed by atoms with E-state index in [-0.39, 0.29) is 12.5 Å². The normalized spacial score (nSPS) is 12.6. The quantitative estimate of drug-likeness (QED) is 0.618. The summed E-state index contributed by atoms with van der Waals surface area (Å²) in [5.74, 6) is -0.134. The van der Waals surface area contributed by atoms with Gasteiger partial charge < -0.3 is 5.11 Å². The predicted molar refractivity (Wildman–Crippen MR) is 35.7 cm³/mol. The molecule has 0 aromatic carbocycles. The summed E-state index contributed by atoms with van der Waals surface area (Å²) in [7, 11) is 0. The molecule has 0 saturated heterocycles. The highest BCUT2D eigenvalue weighted by molar-refractivity contribution is 4.81. The molecular weight excluding hydrogens is 114 g/mol. The molecule has 9 heavy (non-hydrogen) atoms. The van der Waals surface area contributed by atoms with Crippen LogP contribution < -0.4 is 0 Å². The molecular formula is C7H13NO. The van der Waals surface area contributed by atoms with Crippen LogP contribution in [0.5, 0.6) is 0 Å². The summed E-state index contributed by atoms with van der Waals surface area (Å²) < 4.78 is 0.